The number of hydrogen-bond donors (Lipinski definition) is 0. The van der Waals surface area contributed by atoms with Crippen LogP contribution in [0.15, 0.2) is 22.8 Å². The number of halogens is 1. The van der Waals surface area contributed by atoms with E-state index in [2.05, 4.69) is 20.9 Å². The average molecular weight is 265 g/mol. The van der Waals surface area contributed by atoms with E-state index in [9.17, 15) is 4.79 Å². The van der Waals surface area contributed by atoms with Crippen LogP contribution in [0, 0.1) is 0 Å². The highest BCUT2D eigenvalue weighted by atomic mass is 79.9. The summed E-state index contributed by atoms with van der Waals surface area (Å²) in [6.45, 7) is 0. The molecule has 2 aromatic rings. The Labute approximate surface area is 95.3 Å². The number of rotatable bonds is 0. The van der Waals surface area contributed by atoms with Crippen molar-refractivity contribution in [2.45, 2.75) is 19.3 Å². The number of hydrogen-bond acceptors (Lipinski definition) is 2. The molecule has 3 rings (SSSR count). The summed E-state index contributed by atoms with van der Waals surface area (Å²) in [5.74, 6) is 0.210. The maximum absolute atomic E-state index is 11.8. The third-order valence-electron chi connectivity index (χ3n) is 2.74. The van der Waals surface area contributed by atoms with E-state index in [-0.39, 0.29) is 5.78 Å². The summed E-state index contributed by atoms with van der Waals surface area (Å²) >= 11 is 3.40. The summed E-state index contributed by atoms with van der Waals surface area (Å²) in [6, 6.07) is 3.87. The molecule has 4 heteroatoms. The van der Waals surface area contributed by atoms with Crippen molar-refractivity contribution >= 4 is 27.4 Å². The lowest BCUT2D eigenvalue weighted by molar-refractivity contribution is 0.0966. The number of carbonyl (C=O) groups excluding carboxylic acids is 1. The van der Waals surface area contributed by atoms with Gasteiger partial charge >= 0.3 is 0 Å². The molecule has 3 nitrogen and oxygen atoms in total. The van der Waals surface area contributed by atoms with Crippen LogP contribution >= 0.6 is 15.9 Å². The number of imidazole rings is 1. The quantitative estimate of drug-likeness (QED) is 0.733. The van der Waals surface area contributed by atoms with Gasteiger partial charge in [0.2, 0.25) is 0 Å². The fourth-order valence-corrected chi connectivity index (χ4v) is 2.41. The Bertz CT molecular complexity index is 559. The van der Waals surface area contributed by atoms with E-state index in [0.29, 0.717) is 6.42 Å². The largest absolute Gasteiger partial charge is 0.296 e. The Hall–Kier alpha value is -1.16. The second-order valence-corrected chi connectivity index (χ2v) is 4.68. The van der Waals surface area contributed by atoms with Crippen molar-refractivity contribution in [3.05, 3.63) is 34.2 Å². The molecule has 0 aliphatic heterocycles. The third-order valence-corrected chi connectivity index (χ3v) is 3.21. The molecule has 0 N–H and O–H groups in total. The van der Waals surface area contributed by atoms with Crippen molar-refractivity contribution in [3.63, 3.8) is 0 Å². The van der Waals surface area contributed by atoms with Gasteiger partial charge in [-0.15, -0.1) is 0 Å². The predicted molar refractivity (Wildman–Crippen MR) is 60.2 cm³/mol. The van der Waals surface area contributed by atoms with Gasteiger partial charge in [-0.3, -0.25) is 9.20 Å². The number of aryl methyl sites for hydroxylation is 1. The van der Waals surface area contributed by atoms with E-state index in [1.807, 2.05) is 22.7 Å². The molecule has 15 heavy (non-hydrogen) atoms. The van der Waals surface area contributed by atoms with Gasteiger partial charge in [-0.05, 0) is 40.9 Å². The molecule has 1 aliphatic carbocycles. The van der Waals surface area contributed by atoms with E-state index in [1.165, 1.54) is 0 Å². The van der Waals surface area contributed by atoms with Gasteiger partial charge in [-0.2, -0.15) is 0 Å². The van der Waals surface area contributed by atoms with Gasteiger partial charge in [0.05, 0.1) is 5.69 Å². The van der Waals surface area contributed by atoms with E-state index < -0.39 is 0 Å². The topological polar surface area (TPSA) is 34.4 Å². The van der Waals surface area contributed by atoms with Crippen LogP contribution in [0.3, 0.4) is 0 Å². The molecule has 2 aromatic heterocycles. The minimum atomic E-state index is 0.210. The second kappa shape index (κ2) is 3.17. The van der Waals surface area contributed by atoms with Crippen LogP contribution in [-0.4, -0.2) is 15.2 Å². The van der Waals surface area contributed by atoms with Crippen molar-refractivity contribution in [2.24, 2.45) is 0 Å². The first-order valence-electron chi connectivity index (χ1n) is 4.95. The van der Waals surface area contributed by atoms with E-state index in [0.717, 1.165) is 34.3 Å². The van der Waals surface area contributed by atoms with Crippen LogP contribution in [0.25, 0.3) is 5.65 Å². The smallest absolute Gasteiger partial charge is 0.181 e. The van der Waals surface area contributed by atoms with Gasteiger partial charge in [0.15, 0.2) is 5.78 Å². The van der Waals surface area contributed by atoms with Crippen molar-refractivity contribution < 1.29 is 4.79 Å². The van der Waals surface area contributed by atoms with Crippen molar-refractivity contribution in [3.8, 4) is 0 Å². The Morgan fingerprint density at radius 2 is 2.20 bits per heavy atom. The molecule has 0 fully saturated rings. The molecular formula is C11H9BrN2O. The maximum Gasteiger partial charge on any atom is 0.181 e. The summed E-state index contributed by atoms with van der Waals surface area (Å²) in [5.41, 5.74) is 2.58. The molecule has 0 bridgehead atoms. The monoisotopic (exact) mass is 264 g/mol. The first-order chi connectivity index (χ1) is 7.25. The van der Waals surface area contributed by atoms with Crippen LogP contribution < -0.4 is 0 Å². The fourth-order valence-electron chi connectivity index (χ4n) is 2.07. The molecular weight excluding hydrogens is 256 g/mol. The number of Topliss-reactive ketones (excluding diaryl/α,β-unsaturated/α-hetero) is 1. The van der Waals surface area contributed by atoms with Crippen molar-refractivity contribution in [2.75, 3.05) is 0 Å². The molecule has 0 saturated heterocycles. The first-order valence-corrected chi connectivity index (χ1v) is 5.75. The van der Waals surface area contributed by atoms with E-state index >= 15 is 0 Å². The van der Waals surface area contributed by atoms with Crippen LogP contribution in [0.4, 0.5) is 0 Å². The molecule has 1 aliphatic rings. The molecule has 0 amide bonds. The number of nitrogens with zero attached hydrogens (tertiary/aromatic N) is 2. The van der Waals surface area contributed by atoms with Crippen molar-refractivity contribution in [1.82, 2.24) is 9.38 Å². The van der Waals surface area contributed by atoms with Gasteiger partial charge < -0.3 is 0 Å². The molecule has 0 aromatic carbocycles. The zero-order valence-electron chi connectivity index (χ0n) is 8.03. The molecule has 2 heterocycles. The second-order valence-electron chi connectivity index (χ2n) is 3.76. The molecule has 0 spiro atoms. The van der Waals surface area contributed by atoms with E-state index in [1.54, 1.807) is 0 Å². The predicted octanol–water partition coefficient (Wildman–Crippen LogP) is 2.62. The van der Waals surface area contributed by atoms with Gasteiger partial charge in [-0.25, -0.2) is 4.98 Å². The Morgan fingerprint density at radius 3 is 3.07 bits per heavy atom. The number of fused-ring (bicyclic) bond motifs is 3. The highest BCUT2D eigenvalue weighted by Gasteiger charge is 2.22. The number of ketones is 1. The number of aromatic nitrogens is 2. The minimum absolute atomic E-state index is 0.210. The SMILES string of the molecule is O=C1CCCc2nc3ccc(Br)cn3c21. The summed E-state index contributed by atoms with van der Waals surface area (Å²) in [4.78, 5) is 16.3. The molecule has 0 radical (unpaired) electrons. The minimum Gasteiger partial charge on any atom is -0.296 e. The average Bonchev–Trinajstić information content (AvgIpc) is 2.57. The molecule has 0 saturated carbocycles. The Balaban J connectivity index is 2.38. The zero-order chi connectivity index (χ0) is 10.4. The lowest BCUT2D eigenvalue weighted by Gasteiger charge is -2.08. The van der Waals surface area contributed by atoms with Crippen LogP contribution in [0.5, 0.6) is 0 Å². The molecule has 0 atom stereocenters. The van der Waals surface area contributed by atoms with Gasteiger partial charge in [0.1, 0.15) is 11.3 Å². The zero-order valence-corrected chi connectivity index (χ0v) is 9.62. The van der Waals surface area contributed by atoms with Crippen LogP contribution in [0.2, 0.25) is 0 Å². The van der Waals surface area contributed by atoms with Crippen LogP contribution in [-0.2, 0) is 6.42 Å². The highest BCUT2D eigenvalue weighted by molar-refractivity contribution is 9.10. The summed E-state index contributed by atoms with van der Waals surface area (Å²) in [5, 5.41) is 0. The van der Waals surface area contributed by atoms with E-state index in [4.69, 9.17) is 0 Å². The maximum atomic E-state index is 11.8. The fraction of sp³-hybridized carbons (Fsp3) is 0.273. The summed E-state index contributed by atoms with van der Waals surface area (Å²) in [7, 11) is 0. The van der Waals surface area contributed by atoms with Gasteiger partial charge in [0.25, 0.3) is 0 Å². The third kappa shape index (κ3) is 1.32. The van der Waals surface area contributed by atoms with Crippen molar-refractivity contribution in [1.29, 1.82) is 0 Å². The summed E-state index contributed by atoms with van der Waals surface area (Å²) < 4.78 is 2.86. The number of carbonyl (C=O) groups is 1. The first kappa shape index (κ1) is 9.09. The highest BCUT2D eigenvalue weighted by Crippen LogP contribution is 2.23. The van der Waals surface area contributed by atoms with Gasteiger partial charge in [-0.1, -0.05) is 0 Å². The standard InChI is InChI=1S/C11H9BrN2O/c12-7-4-5-10-13-8-2-1-3-9(15)11(8)14(10)6-7/h4-6H,1-3H2. The molecule has 0 unspecified atom stereocenters. The number of pyridine rings is 1. The van der Waals surface area contributed by atoms with Crippen LogP contribution in [0.1, 0.15) is 29.0 Å². The normalized spacial score (nSPS) is 15.7. The Kier molecular flexibility index (Phi) is 1.92. The lowest BCUT2D eigenvalue weighted by Crippen LogP contribution is -2.12. The lowest BCUT2D eigenvalue weighted by atomic mass is 10.00. The Morgan fingerprint density at radius 1 is 1.33 bits per heavy atom. The van der Waals surface area contributed by atoms with Gasteiger partial charge in [0, 0.05) is 17.1 Å². The molecule has 76 valence electrons. The summed E-state index contributed by atoms with van der Waals surface area (Å²) in [6.07, 6.45) is 4.40.